The van der Waals surface area contributed by atoms with Gasteiger partial charge in [0.25, 0.3) is 0 Å². The summed E-state index contributed by atoms with van der Waals surface area (Å²) in [5.74, 6) is 0.0734. The van der Waals surface area contributed by atoms with Gasteiger partial charge >= 0.3 is 0 Å². The van der Waals surface area contributed by atoms with Gasteiger partial charge in [-0.2, -0.15) is 0 Å². The maximum absolute atomic E-state index is 11.8. The van der Waals surface area contributed by atoms with Crippen molar-refractivity contribution in [3.8, 4) is 0 Å². The first kappa shape index (κ1) is 12.8. The minimum absolute atomic E-state index is 0.0734. The van der Waals surface area contributed by atoms with Gasteiger partial charge in [-0.05, 0) is 6.42 Å². The second-order valence-electron chi connectivity index (χ2n) is 4.43. The van der Waals surface area contributed by atoms with E-state index in [0.29, 0.717) is 13.3 Å². The van der Waals surface area contributed by atoms with Crippen LogP contribution in [0.15, 0.2) is 0 Å². The molecule has 0 spiro atoms. The van der Waals surface area contributed by atoms with E-state index in [1.807, 2.05) is 0 Å². The topological polar surface area (TPSA) is 62.8 Å². The Hall–Kier alpha value is -0.690. The summed E-state index contributed by atoms with van der Waals surface area (Å²) in [6.07, 6.45) is 1.10. The Morgan fingerprint density at radius 1 is 1.59 bits per heavy atom. The minimum Gasteiger partial charge on any atom is -0.358 e. The quantitative estimate of drug-likeness (QED) is 0.650. The first-order valence-corrected chi connectivity index (χ1v) is 6.17. The van der Waals surface area contributed by atoms with Crippen LogP contribution in [0.4, 0.5) is 0 Å². The molecule has 2 unspecified atom stereocenters. The van der Waals surface area contributed by atoms with Gasteiger partial charge in [0.05, 0.1) is 12.7 Å². The molecule has 0 radical (unpaired) electrons. The first-order chi connectivity index (χ1) is 8.31. The normalized spacial score (nSPS) is 31.1. The summed E-state index contributed by atoms with van der Waals surface area (Å²) in [7, 11) is 1.68. The monoisotopic (exact) mass is 243 g/mol. The van der Waals surface area contributed by atoms with Gasteiger partial charge in [-0.1, -0.05) is 0 Å². The van der Waals surface area contributed by atoms with E-state index in [-0.39, 0.29) is 18.1 Å². The van der Waals surface area contributed by atoms with Crippen molar-refractivity contribution in [3.63, 3.8) is 0 Å². The number of hydrogen-bond donors (Lipinski definition) is 2. The van der Waals surface area contributed by atoms with Crippen molar-refractivity contribution in [3.05, 3.63) is 0 Å². The lowest BCUT2D eigenvalue weighted by Crippen LogP contribution is -2.59. The predicted octanol–water partition coefficient (Wildman–Crippen LogP) is -1.23. The van der Waals surface area contributed by atoms with E-state index < -0.39 is 0 Å². The molecule has 6 heteroatoms. The second-order valence-corrected chi connectivity index (χ2v) is 4.43. The van der Waals surface area contributed by atoms with Gasteiger partial charge in [-0.25, -0.2) is 0 Å². The number of likely N-dealkylation sites (N-methyl/N-ethyl adjacent to an activating group) is 1. The Morgan fingerprint density at radius 3 is 3.18 bits per heavy atom. The van der Waals surface area contributed by atoms with Gasteiger partial charge in [0.2, 0.25) is 5.91 Å². The van der Waals surface area contributed by atoms with Crippen LogP contribution in [0.25, 0.3) is 0 Å². The zero-order valence-electron chi connectivity index (χ0n) is 10.3. The number of hydrogen-bond acceptors (Lipinski definition) is 5. The van der Waals surface area contributed by atoms with E-state index in [2.05, 4.69) is 15.5 Å². The van der Waals surface area contributed by atoms with E-state index in [1.54, 1.807) is 7.05 Å². The molecule has 0 bridgehead atoms. The fourth-order valence-corrected chi connectivity index (χ4v) is 2.30. The van der Waals surface area contributed by atoms with E-state index in [9.17, 15) is 4.79 Å². The molecule has 98 valence electrons. The van der Waals surface area contributed by atoms with Crippen LogP contribution in [0.1, 0.15) is 6.42 Å². The highest BCUT2D eigenvalue weighted by molar-refractivity contribution is 5.81. The molecule has 0 aromatic rings. The van der Waals surface area contributed by atoms with Crippen LogP contribution in [0.2, 0.25) is 0 Å². The molecule has 2 heterocycles. The molecule has 2 atom stereocenters. The van der Waals surface area contributed by atoms with Gasteiger partial charge in [-0.3, -0.25) is 9.69 Å². The van der Waals surface area contributed by atoms with Crippen LogP contribution >= 0.6 is 0 Å². The number of carbonyl (C=O) groups excluding carboxylic acids is 1. The Morgan fingerprint density at radius 2 is 2.47 bits per heavy atom. The molecule has 0 saturated carbocycles. The zero-order chi connectivity index (χ0) is 12.1. The molecule has 0 aliphatic carbocycles. The average Bonchev–Trinajstić information content (AvgIpc) is 2.40. The summed E-state index contributed by atoms with van der Waals surface area (Å²) >= 11 is 0. The molecular weight excluding hydrogens is 222 g/mol. The molecule has 2 saturated heterocycles. The van der Waals surface area contributed by atoms with Crippen LogP contribution in [0.5, 0.6) is 0 Å². The third-order valence-corrected chi connectivity index (χ3v) is 3.31. The third kappa shape index (κ3) is 3.38. The molecule has 2 aliphatic rings. The second kappa shape index (κ2) is 6.30. The van der Waals surface area contributed by atoms with Crippen LogP contribution in [-0.4, -0.2) is 69.6 Å². The van der Waals surface area contributed by atoms with E-state index >= 15 is 0 Å². The number of carbonyl (C=O) groups is 1. The van der Waals surface area contributed by atoms with E-state index in [1.165, 1.54) is 0 Å². The number of nitrogens with zero attached hydrogens (tertiary/aromatic N) is 1. The molecule has 0 aromatic carbocycles. The summed E-state index contributed by atoms with van der Waals surface area (Å²) in [6.45, 7) is 4.46. The Labute approximate surface area is 102 Å². The molecule has 1 amide bonds. The number of nitrogens with one attached hydrogen (secondary N) is 2. The Balaban J connectivity index is 1.88. The number of piperazine rings is 1. The van der Waals surface area contributed by atoms with Crippen molar-refractivity contribution < 1.29 is 14.3 Å². The van der Waals surface area contributed by atoms with Crippen molar-refractivity contribution in [1.29, 1.82) is 0 Å². The van der Waals surface area contributed by atoms with E-state index in [0.717, 1.165) is 32.7 Å². The minimum atomic E-state index is -0.0832. The highest BCUT2D eigenvalue weighted by Gasteiger charge is 2.30. The molecule has 17 heavy (non-hydrogen) atoms. The first-order valence-electron chi connectivity index (χ1n) is 6.17. The summed E-state index contributed by atoms with van der Waals surface area (Å²) in [5, 5.41) is 5.97. The summed E-state index contributed by atoms with van der Waals surface area (Å²) in [6, 6.07) is -0.0832. The van der Waals surface area contributed by atoms with Crippen molar-refractivity contribution in [2.24, 2.45) is 0 Å². The Bertz CT molecular complexity index is 256. The standard InChI is InChI=1S/C11H21N3O3/c1-12-11(15)10-6-13-3-4-14(10)7-9-2-5-16-8-17-9/h9-10,13H,2-8H2,1H3,(H,12,15). The van der Waals surface area contributed by atoms with E-state index in [4.69, 9.17) is 9.47 Å². The van der Waals surface area contributed by atoms with Gasteiger partial charge in [0.15, 0.2) is 0 Å². The Kier molecular flexibility index (Phi) is 4.73. The molecule has 2 rings (SSSR count). The van der Waals surface area contributed by atoms with Crippen molar-refractivity contribution >= 4 is 5.91 Å². The van der Waals surface area contributed by atoms with Crippen LogP contribution in [0, 0.1) is 0 Å². The van der Waals surface area contributed by atoms with Gasteiger partial charge in [0.1, 0.15) is 12.8 Å². The highest BCUT2D eigenvalue weighted by atomic mass is 16.7. The number of amides is 1. The zero-order valence-corrected chi connectivity index (χ0v) is 10.3. The smallest absolute Gasteiger partial charge is 0.238 e. The molecule has 6 nitrogen and oxygen atoms in total. The van der Waals surface area contributed by atoms with Crippen LogP contribution in [0.3, 0.4) is 0 Å². The molecule has 2 fully saturated rings. The molecule has 2 N–H and O–H groups in total. The van der Waals surface area contributed by atoms with Crippen molar-refractivity contribution in [2.75, 3.05) is 46.6 Å². The van der Waals surface area contributed by atoms with Gasteiger partial charge in [0, 0.05) is 33.2 Å². The van der Waals surface area contributed by atoms with Crippen LogP contribution in [-0.2, 0) is 14.3 Å². The lowest BCUT2D eigenvalue weighted by molar-refractivity contribution is -0.149. The maximum atomic E-state index is 11.8. The number of rotatable bonds is 3. The van der Waals surface area contributed by atoms with Gasteiger partial charge < -0.3 is 20.1 Å². The molecule has 2 aliphatic heterocycles. The SMILES string of the molecule is CNC(=O)C1CNCCN1CC1CCOCO1. The number of ether oxygens (including phenoxy) is 2. The van der Waals surface area contributed by atoms with Crippen molar-refractivity contribution in [2.45, 2.75) is 18.6 Å². The third-order valence-electron chi connectivity index (χ3n) is 3.31. The predicted molar refractivity (Wildman–Crippen MR) is 62.6 cm³/mol. The lowest BCUT2D eigenvalue weighted by Gasteiger charge is -2.37. The van der Waals surface area contributed by atoms with Crippen LogP contribution < -0.4 is 10.6 Å². The lowest BCUT2D eigenvalue weighted by atomic mass is 10.1. The summed E-state index contributed by atoms with van der Waals surface area (Å²) in [5.41, 5.74) is 0. The molecular formula is C11H21N3O3. The fourth-order valence-electron chi connectivity index (χ4n) is 2.30. The van der Waals surface area contributed by atoms with Gasteiger partial charge in [-0.15, -0.1) is 0 Å². The fraction of sp³-hybridized carbons (Fsp3) is 0.909. The molecule has 0 aromatic heterocycles. The largest absolute Gasteiger partial charge is 0.358 e. The highest BCUT2D eigenvalue weighted by Crippen LogP contribution is 2.11. The summed E-state index contributed by atoms with van der Waals surface area (Å²) in [4.78, 5) is 14.0. The average molecular weight is 243 g/mol. The maximum Gasteiger partial charge on any atom is 0.238 e. The van der Waals surface area contributed by atoms with Crippen molar-refractivity contribution in [1.82, 2.24) is 15.5 Å². The summed E-state index contributed by atoms with van der Waals surface area (Å²) < 4.78 is 10.7.